The van der Waals surface area contributed by atoms with E-state index in [1.54, 1.807) is 49.8 Å². The van der Waals surface area contributed by atoms with Crippen LogP contribution in [0.3, 0.4) is 0 Å². The molecule has 34 heavy (non-hydrogen) atoms. The van der Waals surface area contributed by atoms with Crippen LogP contribution in [0.15, 0.2) is 65.7 Å². The average Bonchev–Trinajstić information content (AvgIpc) is 3.49. The predicted octanol–water partition coefficient (Wildman–Crippen LogP) is 5.62. The Morgan fingerprint density at radius 3 is 2.74 bits per heavy atom. The molecule has 0 saturated carbocycles. The zero-order valence-corrected chi connectivity index (χ0v) is 20.4. The number of benzene rings is 2. The van der Waals surface area contributed by atoms with E-state index < -0.39 is 5.82 Å². The van der Waals surface area contributed by atoms with E-state index in [1.165, 1.54) is 17.8 Å². The molecule has 0 spiro atoms. The van der Waals surface area contributed by atoms with Gasteiger partial charge in [-0.05, 0) is 24.3 Å². The monoisotopic (exact) mass is 498 g/mol. The summed E-state index contributed by atoms with van der Waals surface area (Å²) in [4.78, 5) is 4.76. The zero-order valence-electron chi connectivity index (χ0n) is 18.7. The fourth-order valence-corrected chi connectivity index (χ4v) is 4.97. The molecule has 176 valence electrons. The number of thioether (sulfide) groups is 1. The van der Waals surface area contributed by atoms with Crippen molar-refractivity contribution < 1.29 is 18.6 Å². The maximum Gasteiger partial charge on any atom is 0.191 e. The number of nitrogens with zero attached hydrogens (tertiary/aromatic N) is 4. The number of para-hydroxylation sites is 1. The molecule has 0 aliphatic rings. The molecule has 0 aliphatic heterocycles. The molecule has 0 fully saturated rings. The van der Waals surface area contributed by atoms with Crippen molar-refractivity contribution >= 4 is 23.1 Å². The van der Waals surface area contributed by atoms with Gasteiger partial charge in [-0.15, -0.1) is 28.1 Å². The van der Waals surface area contributed by atoms with Crippen molar-refractivity contribution in [2.75, 3.05) is 14.2 Å². The first-order chi connectivity index (χ1) is 16.6. The van der Waals surface area contributed by atoms with Crippen LogP contribution in [0.1, 0.15) is 11.5 Å². The number of halogens is 1. The molecule has 0 bridgehead atoms. The van der Waals surface area contributed by atoms with E-state index in [0.29, 0.717) is 29.0 Å². The van der Waals surface area contributed by atoms with Crippen molar-refractivity contribution in [3.05, 3.63) is 77.8 Å². The van der Waals surface area contributed by atoms with Crippen molar-refractivity contribution in [2.24, 2.45) is 0 Å². The first kappa shape index (κ1) is 23.8. The lowest BCUT2D eigenvalue weighted by molar-refractivity contribution is 0.275. The highest BCUT2D eigenvalue weighted by atomic mass is 32.2. The van der Waals surface area contributed by atoms with Gasteiger partial charge in [0.15, 0.2) is 22.5 Å². The van der Waals surface area contributed by atoms with Gasteiger partial charge < -0.3 is 14.2 Å². The lowest BCUT2D eigenvalue weighted by atomic mass is 10.2. The Balaban J connectivity index is 1.45. The fraction of sp³-hybridized carbons (Fsp3) is 0.208. The minimum Gasteiger partial charge on any atom is -0.497 e. The van der Waals surface area contributed by atoms with Gasteiger partial charge in [-0.25, -0.2) is 9.37 Å². The lowest BCUT2D eigenvalue weighted by Crippen LogP contribution is -2.08. The van der Waals surface area contributed by atoms with E-state index in [9.17, 15) is 4.39 Å². The van der Waals surface area contributed by atoms with E-state index in [0.717, 1.165) is 22.0 Å². The second kappa shape index (κ2) is 11.2. The van der Waals surface area contributed by atoms with Gasteiger partial charge in [-0.2, -0.15) is 0 Å². The van der Waals surface area contributed by atoms with Gasteiger partial charge in [0.1, 0.15) is 23.1 Å². The van der Waals surface area contributed by atoms with Crippen LogP contribution in [0.4, 0.5) is 4.39 Å². The summed E-state index contributed by atoms with van der Waals surface area (Å²) in [6.07, 6.45) is 1.76. The van der Waals surface area contributed by atoms with Crippen LogP contribution in [0.2, 0.25) is 0 Å². The summed E-state index contributed by atoms with van der Waals surface area (Å²) < 4.78 is 32.1. The van der Waals surface area contributed by atoms with Crippen LogP contribution in [-0.2, 0) is 18.9 Å². The summed E-state index contributed by atoms with van der Waals surface area (Å²) in [6, 6.07) is 11.9. The first-order valence-electron chi connectivity index (χ1n) is 10.3. The quantitative estimate of drug-likeness (QED) is 0.196. The average molecular weight is 499 g/mol. The van der Waals surface area contributed by atoms with Crippen LogP contribution < -0.4 is 14.2 Å². The molecule has 0 amide bonds. The summed E-state index contributed by atoms with van der Waals surface area (Å²) in [5.41, 5.74) is 1.83. The summed E-state index contributed by atoms with van der Waals surface area (Å²) in [7, 11) is 3.25. The molecule has 2 aromatic carbocycles. The Hall–Kier alpha value is -3.37. The number of aromatic nitrogens is 4. The molecule has 4 aromatic rings. The number of hydrogen-bond donors (Lipinski definition) is 0. The molecule has 2 heterocycles. The fourth-order valence-electron chi connectivity index (χ4n) is 3.16. The maximum atomic E-state index is 13.9. The van der Waals surface area contributed by atoms with Crippen LogP contribution in [0.25, 0.3) is 10.6 Å². The number of hydrogen-bond acceptors (Lipinski definition) is 8. The number of methoxy groups -OCH3 is 2. The van der Waals surface area contributed by atoms with E-state index in [1.807, 2.05) is 28.1 Å². The Bertz CT molecular complexity index is 1270. The standard InChI is InChI=1S/C24H23FN4O3S2/c1-4-11-29-22(13-32-20-8-6-5-7-19(20)25)27-28-24(29)34-15-16-14-33-23(26-16)18-10-9-17(30-2)12-21(18)31-3/h4-10,12,14H,1,11,13,15H2,2-3H3. The molecule has 0 radical (unpaired) electrons. The highest BCUT2D eigenvalue weighted by Gasteiger charge is 2.16. The van der Waals surface area contributed by atoms with Crippen LogP contribution in [0, 0.1) is 5.82 Å². The van der Waals surface area contributed by atoms with Gasteiger partial charge in [0, 0.05) is 23.7 Å². The number of ether oxygens (including phenoxy) is 3. The molecule has 0 saturated heterocycles. The number of allylic oxidation sites excluding steroid dienone is 1. The molecular formula is C24H23FN4O3S2. The summed E-state index contributed by atoms with van der Waals surface area (Å²) in [5.74, 6) is 2.39. The van der Waals surface area contributed by atoms with Crippen LogP contribution in [0.5, 0.6) is 17.2 Å². The van der Waals surface area contributed by atoms with Gasteiger partial charge in [0.2, 0.25) is 0 Å². The maximum absolute atomic E-state index is 13.9. The van der Waals surface area contributed by atoms with E-state index in [-0.39, 0.29) is 12.4 Å². The Kier molecular flexibility index (Phi) is 7.81. The third kappa shape index (κ3) is 5.40. The molecule has 10 heteroatoms. The Morgan fingerprint density at radius 2 is 1.97 bits per heavy atom. The molecule has 0 N–H and O–H groups in total. The zero-order chi connectivity index (χ0) is 23.9. The van der Waals surface area contributed by atoms with Crippen molar-refractivity contribution in [1.29, 1.82) is 0 Å². The second-order valence-electron chi connectivity index (χ2n) is 7.02. The summed E-state index contributed by atoms with van der Waals surface area (Å²) in [6.45, 7) is 4.42. The third-order valence-corrected chi connectivity index (χ3v) is 6.76. The number of thiazole rings is 1. The predicted molar refractivity (Wildman–Crippen MR) is 131 cm³/mol. The molecule has 0 atom stereocenters. The first-order valence-corrected chi connectivity index (χ1v) is 12.2. The largest absolute Gasteiger partial charge is 0.497 e. The molecule has 4 rings (SSSR count). The second-order valence-corrected chi connectivity index (χ2v) is 8.82. The molecule has 0 aliphatic carbocycles. The Labute approximate surface area is 205 Å². The van der Waals surface area contributed by atoms with Gasteiger partial charge in [0.25, 0.3) is 0 Å². The van der Waals surface area contributed by atoms with Gasteiger partial charge in [0.05, 0.1) is 25.5 Å². The van der Waals surface area contributed by atoms with Crippen molar-refractivity contribution in [3.8, 4) is 27.8 Å². The third-order valence-electron chi connectivity index (χ3n) is 4.84. The van der Waals surface area contributed by atoms with E-state index in [2.05, 4.69) is 16.8 Å². The normalized spacial score (nSPS) is 10.8. The topological polar surface area (TPSA) is 71.3 Å². The van der Waals surface area contributed by atoms with Gasteiger partial charge in [-0.3, -0.25) is 4.57 Å². The highest BCUT2D eigenvalue weighted by molar-refractivity contribution is 7.98. The van der Waals surface area contributed by atoms with Gasteiger partial charge >= 0.3 is 0 Å². The van der Waals surface area contributed by atoms with Crippen molar-refractivity contribution in [3.63, 3.8) is 0 Å². The molecule has 2 aromatic heterocycles. The van der Waals surface area contributed by atoms with Crippen LogP contribution in [-0.4, -0.2) is 34.0 Å². The minimum atomic E-state index is -0.417. The molecule has 0 unspecified atom stereocenters. The minimum absolute atomic E-state index is 0.0977. The Morgan fingerprint density at radius 1 is 1.12 bits per heavy atom. The summed E-state index contributed by atoms with van der Waals surface area (Å²) >= 11 is 3.06. The molecular weight excluding hydrogens is 475 g/mol. The van der Waals surface area contributed by atoms with Crippen molar-refractivity contribution in [2.45, 2.75) is 24.1 Å². The number of rotatable bonds is 11. The van der Waals surface area contributed by atoms with Crippen molar-refractivity contribution in [1.82, 2.24) is 19.7 Å². The summed E-state index contributed by atoms with van der Waals surface area (Å²) in [5, 5.41) is 12.1. The van der Waals surface area contributed by atoms with E-state index in [4.69, 9.17) is 19.2 Å². The SMILES string of the molecule is C=CCn1c(COc2ccccc2F)nnc1SCc1csc(-c2ccc(OC)cc2OC)n1. The molecule has 7 nitrogen and oxygen atoms in total. The van der Waals surface area contributed by atoms with Gasteiger partial charge in [-0.1, -0.05) is 30.0 Å². The van der Waals surface area contributed by atoms with Crippen LogP contribution >= 0.6 is 23.1 Å². The lowest BCUT2D eigenvalue weighted by Gasteiger charge is -2.09. The highest BCUT2D eigenvalue weighted by Crippen LogP contribution is 2.36. The van der Waals surface area contributed by atoms with E-state index >= 15 is 0 Å². The smallest absolute Gasteiger partial charge is 0.191 e.